The van der Waals surface area contributed by atoms with E-state index in [1.54, 1.807) is 0 Å². The van der Waals surface area contributed by atoms with Gasteiger partial charge in [-0.25, -0.2) is 0 Å². The Morgan fingerprint density at radius 2 is 1.81 bits per heavy atom. The summed E-state index contributed by atoms with van der Waals surface area (Å²) in [6.07, 6.45) is 8.75. The van der Waals surface area contributed by atoms with Gasteiger partial charge >= 0.3 is 0 Å². The highest BCUT2D eigenvalue weighted by Gasteiger charge is 2.37. The predicted molar refractivity (Wildman–Crippen MR) is 81.6 cm³/mol. The van der Waals surface area contributed by atoms with Crippen LogP contribution in [0.15, 0.2) is 0 Å². The average Bonchev–Trinajstić information content (AvgIpc) is 3.31. The fraction of sp³-hybridized carbons (Fsp3) is 0.882. The second-order valence-corrected chi connectivity index (χ2v) is 7.37. The summed E-state index contributed by atoms with van der Waals surface area (Å²) in [5.41, 5.74) is 0. The van der Waals surface area contributed by atoms with E-state index in [2.05, 4.69) is 12.2 Å². The summed E-state index contributed by atoms with van der Waals surface area (Å²) in [5.74, 6) is 1.48. The van der Waals surface area contributed by atoms with Crippen LogP contribution in [-0.4, -0.2) is 35.8 Å². The molecule has 4 nitrogen and oxygen atoms in total. The summed E-state index contributed by atoms with van der Waals surface area (Å²) < 4.78 is 0. The second kappa shape index (κ2) is 6.37. The van der Waals surface area contributed by atoms with Gasteiger partial charge in [-0.3, -0.25) is 9.59 Å². The molecule has 2 amide bonds. The second-order valence-electron chi connectivity index (χ2n) is 7.37. The van der Waals surface area contributed by atoms with Crippen molar-refractivity contribution in [2.24, 2.45) is 17.8 Å². The van der Waals surface area contributed by atoms with E-state index in [0.29, 0.717) is 18.5 Å². The molecule has 0 radical (unpaired) electrons. The van der Waals surface area contributed by atoms with Gasteiger partial charge in [-0.1, -0.05) is 19.8 Å². The van der Waals surface area contributed by atoms with Crippen molar-refractivity contribution < 1.29 is 9.59 Å². The lowest BCUT2D eigenvalue weighted by Gasteiger charge is -2.34. The maximum atomic E-state index is 12.5. The van der Waals surface area contributed by atoms with Gasteiger partial charge in [0.25, 0.3) is 0 Å². The van der Waals surface area contributed by atoms with Gasteiger partial charge in [0.2, 0.25) is 11.8 Å². The lowest BCUT2D eigenvalue weighted by Crippen LogP contribution is -2.48. The number of likely N-dealkylation sites (tertiary alicyclic amines) is 1. The molecule has 21 heavy (non-hydrogen) atoms. The van der Waals surface area contributed by atoms with Crippen molar-refractivity contribution in [2.45, 2.75) is 64.3 Å². The number of amides is 2. The van der Waals surface area contributed by atoms with E-state index in [-0.39, 0.29) is 17.7 Å². The third kappa shape index (κ3) is 3.78. The molecular formula is C17H28N2O2. The van der Waals surface area contributed by atoms with Crippen LogP contribution in [0.4, 0.5) is 0 Å². The molecule has 4 heteroatoms. The van der Waals surface area contributed by atoms with Gasteiger partial charge in [0, 0.05) is 25.0 Å². The Bertz CT molecular complexity index is 406. The normalized spacial score (nSPS) is 33.6. The van der Waals surface area contributed by atoms with E-state index in [1.807, 2.05) is 4.90 Å². The van der Waals surface area contributed by atoms with Crippen LogP contribution in [0.5, 0.6) is 0 Å². The minimum Gasteiger partial charge on any atom is -0.353 e. The van der Waals surface area contributed by atoms with Crippen LogP contribution >= 0.6 is 0 Å². The van der Waals surface area contributed by atoms with Gasteiger partial charge in [-0.2, -0.15) is 0 Å². The van der Waals surface area contributed by atoms with Gasteiger partial charge in [0.05, 0.1) is 5.92 Å². The summed E-state index contributed by atoms with van der Waals surface area (Å²) in [6, 6.07) is 0.357. The largest absolute Gasteiger partial charge is 0.353 e. The topological polar surface area (TPSA) is 49.4 Å². The predicted octanol–water partition coefficient (Wildman–Crippen LogP) is 2.33. The van der Waals surface area contributed by atoms with E-state index in [1.165, 1.54) is 12.8 Å². The summed E-state index contributed by atoms with van der Waals surface area (Å²) >= 11 is 0. The Hall–Kier alpha value is -1.06. The van der Waals surface area contributed by atoms with Crippen molar-refractivity contribution >= 4 is 11.8 Å². The third-order valence-electron chi connectivity index (χ3n) is 5.31. The van der Waals surface area contributed by atoms with E-state index in [9.17, 15) is 9.59 Å². The van der Waals surface area contributed by atoms with Crippen LogP contribution in [-0.2, 0) is 9.59 Å². The lowest BCUT2D eigenvalue weighted by atomic mass is 9.86. The van der Waals surface area contributed by atoms with Gasteiger partial charge in [-0.05, 0) is 44.4 Å². The van der Waals surface area contributed by atoms with Gasteiger partial charge in [-0.15, -0.1) is 0 Å². The van der Waals surface area contributed by atoms with Crippen LogP contribution in [0, 0.1) is 17.8 Å². The van der Waals surface area contributed by atoms with Crippen LogP contribution in [0.1, 0.15) is 58.3 Å². The molecule has 3 fully saturated rings. The number of hydrogen-bond acceptors (Lipinski definition) is 2. The molecule has 0 unspecified atom stereocenters. The number of nitrogens with one attached hydrogen (secondary N) is 1. The Labute approximate surface area is 127 Å². The Morgan fingerprint density at radius 1 is 1.00 bits per heavy atom. The number of carbonyl (C=O) groups is 2. The van der Waals surface area contributed by atoms with Crippen molar-refractivity contribution in [1.82, 2.24) is 10.2 Å². The monoisotopic (exact) mass is 292 g/mol. The number of rotatable bonds is 3. The molecule has 0 aromatic carbocycles. The average molecular weight is 292 g/mol. The first-order valence-corrected chi connectivity index (χ1v) is 8.72. The lowest BCUT2D eigenvalue weighted by molar-refractivity contribution is -0.137. The standard InChI is InChI=1S/C17H28N2O2/c1-12-4-2-6-15(10-12)18-16(20)14-5-3-9-19(11-14)17(21)13-7-8-13/h12-15H,2-11H2,1H3,(H,18,20)/t12-,14-,15-/m1/s1. The molecule has 1 saturated heterocycles. The zero-order valence-electron chi connectivity index (χ0n) is 13.1. The summed E-state index contributed by atoms with van der Waals surface area (Å²) in [6.45, 7) is 3.76. The molecule has 118 valence electrons. The zero-order valence-corrected chi connectivity index (χ0v) is 13.1. The number of hydrogen-bond donors (Lipinski definition) is 1. The highest BCUT2D eigenvalue weighted by molar-refractivity contribution is 5.83. The molecule has 2 saturated carbocycles. The van der Waals surface area contributed by atoms with Crippen molar-refractivity contribution in [3.63, 3.8) is 0 Å². The molecule has 0 spiro atoms. The first-order chi connectivity index (χ1) is 10.1. The summed E-state index contributed by atoms with van der Waals surface area (Å²) in [5, 5.41) is 3.25. The third-order valence-corrected chi connectivity index (χ3v) is 5.31. The molecule has 3 rings (SSSR count). The summed E-state index contributed by atoms with van der Waals surface area (Å²) in [4.78, 5) is 26.6. The zero-order chi connectivity index (χ0) is 14.8. The Morgan fingerprint density at radius 3 is 2.52 bits per heavy atom. The quantitative estimate of drug-likeness (QED) is 0.868. The molecule has 0 bridgehead atoms. The van der Waals surface area contributed by atoms with Gasteiger partial charge < -0.3 is 10.2 Å². The fourth-order valence-corrected chi connectivity index (χ4v) is 3.86. The van der Waals surface area contributed by atoms with E-state index >= 15 is 0 Å². The minimum absolute atomic E-state index is 0.0127. The molecule has 3 aliphatic rings. The highest BCUT2D eigenvalue weighted by atomic mass is 16.2. The smallest absolute Gasteiger partial charge is 0.225 e. The number of nitrogens with zero attached hydrogens (tertiary/aromatic N) is 1. The van der Waals surface area contributed by atoms with Crippen molar-refractivity contribution in [3.05, 3.63) is 0 Å². The first-order valence-electron chi connectivity index (χ1n) is 8.72. The van der Waals surface area contributed by atoms with Gasteiger partial charge in [0.15, 0.2) is 0 Å². The highest BCUT2D eigenvalue weighted by Crippen LogP contribution is 2.32. The van der Waals surface area contributed by atoms with E-state index in [4.69, 9.17) is 0 Å². The minimum atomic E-state index is 0.0127. The maximum absolute atomic E-state index is 12.5. The molecule has 1 N–H and O–H groups in total. The fourth-order valence-electron chi connectivity index (χ4n) is 3.86. The molecule has 1 aliphatic heterocycles. The van der Waals surface area contributed by atoms with Crippen LogP contribution in [0.25, 0.3) is 0 Å². The molecule has 1 heterocycles. The van der Waals surface area contributed by atoms with Gasteiger partial charge in [0.1, 0.15) is 0 Å². The molecular weight excluding hydrogens is 264 g/mol. The number of piperidine rings is 1. The Kier molecular flexibility index (Phi) is 4.51. The SMILES string of the molecule is C[C@@H]1CCC[C@@H](NC(=O)[C@@H]2CCCN(C(=O)C3CC3)C2)C1. The Balaban J connectivity index is 1.50. The van der Waals surface area contributed by atoms with E-state index in [0.717, 1.165) is 51.0 Å². The first kappa shape index (κ1) is 14.9. The maximum Gasteiger partial charge on any atom is 0.225 e. The molecule has 0 aromatic heterocycles. The molecule has 0 aromatic rings. The van der Waals surface area contributed by atoms with Crippen LogP contribution < -0.4 is 5.32 Å². The molecule has 3 atom stereocenters. The van der Waals surface area contributed by atoms with E-state index < -0.39 is 0 Å². The molecule has 2 aliphatic carbocycles. The number of carbonyl (C=O) groups excluding carboxylic acids is 2. The van der Waals surface area contributed by atoms with Crippen molar-refractivity contribution in [1.29, 1.82) is 0 Å². The van der Waals surface area contributed by atoms with Crippen molar-refractivity contribution in [2.75, 3.05) is 13.1 Å². The van der Waals surface area contributed by atoms with Crippen LogP contribution in [0.2, 0.25) is 0 Å². The van der Waals surface area contributed by atoms with Crippen LogP contribution in [0.3, 0.4) is 0 Å². The van der Waals surface area contributed by atoms with Crippen molar-refractivity contribution in [3.8, 4) is 0 Å². The summed E-state index contributed by atoms with van der Waals surface area (Å²) in [7, 11) is 0.